The van der Waals surface area contributed by atoms with Gasteiger partial charge in [0.05, 0.1) is 0 Å². The number of rotatable bonds is 0. The zero-order valence-electron chi connectivity index (χ0n) is 22.7. The van der Waals surface area contributed by atoms with Crippen molar-refractivity contribution in [3.8, 4) is 0 Å². The molecule has 0 heterocycles. The molecule has 0 aliphatic carbocycles. The normalized spacial score (nSPS) is 7.41. The standard InChI is InChI=1S/3C7H8.C4H10.3C2H6.CH4/c3*1-7-5-3-2-4-6-7;1-4(2)3;3*1-2;/h3*2-6H,1H3;4H,1-3H3;3*1-2H3;1H4. The minimum Gasteiger partial charge on any atom is -0.0776 e. The second-order valence-electron chi connectivity index (χ2n) is 6.70. The largest absolute Gasteiger partial charge is 0.0776 e. The summed E-state index contributed by atoms with van der Waals surface area (Å²) in [6.07, 6.45) is 0. The van der Waals surface area contributed by atoms with Gasteiger partial charge in [0.2, 0.25) is 0 Å². The second-order valence-corrected chi connectivity index (χ2v) is 6.70. The molecule has 0 aromatic heterocycles. The Morgan fingerprint density at radius 3 is 0.562 bits per heavy atom. The summed E-state index contributed by atoms with van der Waals surface area (Å²) in [5, 5.41) is 0. The third-order valence-corrected chi connectivity index (χ3v) is 2.82. The summed E-state index contributed by atoms with van der Waals surface area (Å²) in [5.74, 6) is 0.833. The van der Waals surface area contributed by atoms with Crippen molar-refractivity contribution in [2.75, 3.05) is 0 Å². The van der Waals surface area contributed by atoms with E-state index in [2.05, 4.69) is 77.9 Å². The fourth-order valence-corrected chi connectivity index (χ4v) is 1.60. The molecule has 0 amide bonds. The maximum Gasteiger partial charge on any atom is -0.0398 e. The summed E-state index contributed by atoms with van der Waals surface area (Å²) in [4.78, 5) is 0. The lowest BCUT2D eigenvalue weighted by Crippen LogP contribution is -1.66. The first-order valence-corrected chi connectivity index (χ1v) is 12.0. The highest BCUT2D eigenvalue weighted by Crippen LogP contribution is 1.93. The quantitative estimate of drug-likeness (QED) is 0.326. The average Bonchev–Trinajstić information content (AvgIpc) is 2.80. The van der Waals surface area contributed by atoms with Crippen molar-refractivity contribution in [1.29, 1.82) is 0 Å². The van der Waals surface area contributed by atoms with E-state index in [9.17, 15) is 0 Å². The molecule has 0 aliphatic heterocycles. The van der Waals surface area contributed by atoms with Gasteiger partial charge in [0.25, 0.3) is 0 Å². The predicted octanol–water partition coefficient (Wildman–Crippen LogP) is 11.4. The fraction of sp³-hybridized carbons (Fsp3) is 0.438. The zero-order chi connectivity index (χ0) is 24.9. The SMILES string of the molecule is C.CC.CC.CC.CC(C)C.Cc1ccccc1.Cc1ccccc1.Cc1ccccc1. The Kier molecular flexibility index (Phi) is 45.1. The number of aryl methyl sites for hydroxylation is 3. The van der Waals surface area contributed by atoms with Gasteiger partial charge in [-0.25, -0.2) is 0 Å². The van der Waals surface area contributed by atoms with E-state index in [4.69, 9.17) is 0 Å². The molecular weight excluding hydrogens is 384 g/mol. The third kappa shape index (κ3) is 41.9. The number of hydrogen-bond donors (Lipinski definition) is 0. The van der Waals surface area contributed by atoms with Gasteiger partial charge >= 0.3 is 0 Å². The molecule has 3 aromatic carbocycles. The molecule has 0 atom stereocenters. The molecule has 0 spiro atoms. The van der Waals surface area contributed by atoms with Crippen molar-refractivity contribution in [3.05, 3.63) is 108 Å². The molecule has 0 heteroatoms. The van der Waals surface area contributed by atoms with Crippen LogP contribution in [0.25, 0.3) is 0 Å². The van der Waals surface area contributed by atoms with Crippen molar-refractivity contribution in [2.24, 2.45) is 5.92 Å². The lowest BCUT2D eigenvalue weighted by Gasteiger charge is -1.82. The molecule has 32 heavy (non-hydrogen) atoms. The van der Waals surface area contributed by atoms with Crippen LogP contribution in [-0.4, -0.2) is 0 Å². The molecule has 0 saturated carbocycles. The summed E-state index contributed by atoms with van der Waals surface area (Å²) >= 11 is 0. The number of benzene rings is 3. The van der Waals surface area contributed by atoms with Gasteiger partial charge in [0, 0.05) is 0 Å². The van der Waals surface area contributed by atoms with Crippen molar-refractivity contribution >= 4 is 0 Å². The molecule has 0 radical (unpaired) electrons. The summed E-state index contributed by atoms with van der Waals surface area (Å²) < 4.78 is 0. The Bertz CT molecular complexity index is 518. The van der Waals surface area contributed by atoms with E-state index in [1.165, 1.54) is 16.7 Å². The highest BCUT2D eigenvalue weighted by atomic mass is 13.8. The van der Waals surface area contributed by atoms with E-state index >= 15 is 0 Å². The first kappa shape index (κ1) is 40.1. The fourth-order valence-electron chi connectivity index (χ4n) is 1.60. The molecule has 0 N–H and O–H groups in total. The van der Waals surface area contributed by atoms with Crippen LogP contribution in [0.5, 0.6) is 0 Å². The summed E-state index contributed by atoms with van der Waals surface area (Å²) in [6, 6.07) is 30.8. The summed E-state index contributed by atoms with van der Waals surface area (Å²) in [5.41, 5.74) is 3.97. The highest BCUT2D eigenvalue weighted by molar-refractivity contribution is 5.13. The molecule has 0 aliphatic rings. The minimum atomic E-state index is 0. The van der Waals surface area contributed by atoms with Crippen LogP contribution in [0.3, 0.4) is 0 Å². The average molecular weight is 441 g/mol. The molecule has 0 nitrogen and oxygen atoms in total. The lowest BCUT2D eigenvalue weighted by atomic mass is 10.2. The van der Waals surface area contributed by atoms with E-state index in [1.807, 2.05) is 96.1 Å². The van der Waals surface area contributed by atoms with Gasteiger partial charge in [-0.1, -0.05) is 177 Å². The summed E-state index contributed by atoms with van der Waals surface area (Å²) in [7, 11) is 0. The van der Waals surface area contributed by atoms with Crippen LogP contribution in [-0.2, 0) is 0 Å². The molecule has 0 bridgehead atoms. The molecule has 3 rings (SSSR count). The van der Waals surface area contributed by atoms with Crippen LogP contribution in [0, 0.1) is 26.7 Å². The predicted molar refractivity (Wildman–Crippen MR) is 155 cm³/mol. The van der Waals surface area contributed by atoms with Gasteiger partial charge in [-0.15, -0.1) is 0 Å². The highest BCUT2D eigenvalue weighted by Gasteiger charge is 1.73. The maximum atomic E-state index is 2.17. The Labute approximate surface area is 204 Å². The zero-order valence-corrected chi connectivity index (χ0v) is 22.7. The van der Waals surface area contributed by atoms with Gasteiger partial charge < -0.3 is 0 Å². The molecule has 0 saturated heterocycles. The van der Waals surface area contributed by atoms with E-state index in [-0.39, 0.29) is 7.43 Å². The van der Waals surface area contributed by atoms with Gasteiger partial charge in [-0.2, -0.15) is 0 Å². The molecule has 184 valence electrons. The van der Waals surface area contributed by atoms with Crippen molar-refractivity contribution in [1.82, 2.24) is 0 Å². The summed E-state index contributed by atoms with van der Waals surface area (Å²) in [6.45, 7) is 24.7. The topological polar surface area (TPSA) is 0 Å². The first-order chi connectivity index (χ1) is 14.9. The van der Waals surface area contributed by atoms with Crippen LogP contribution < -0.4 is 0 Å². The number of hydrogen-bond acceptors (Lipinski definition) is 0. The molecule has 0 unspecified atom stereocenters. The van der Waals surface area contributed by atoms with E-state index in [1.54, 1.807) is 0 Å². The van der Waals surface area contributed by atoms with E-state index in [0.29, 0.717) is 0 Å². The van der Waals surface area contributed by atoms with Gasteiger partial charge in [0.15, 0.2) is 0 Å². The Hall–Kier alpha value is -2.34. The van der Waals surface area contributed by atoms with Crippen LogP contribution in [0.4, 0.5) is 0 Å². The molecule has 0 fully saturated rings. The van der Waals surface area contributed by atoms with Gasteiger partial charge in [-0.3, -0.25) is 0 Å². The maximum absolute atomic E-state index is 2.17. The monoisotopic (exact) mass is 440 g/mol. The molecule has 3 aromatic rings. The van der Waals surface area contributed by atoms with Crippen LogP contribution >= 0.6 is 0 Å². The van der Waals surface area contributed by atoms with Crippen LogP contribution in [0.2, 0.25) is 0 Å². The smallest absolute Gasteiger partial charge is 0.0398 e. The van der Waals surface area contributed by atoms with Crippen molar-refractivity contribution in [2.45, 2.75) is 90.5 Å². The van der Waals surface area contributed by atoms with Gasteiger partial charge in [0.1, 0.15) is 0 Å². The second kappa shape index (κ2) is 36.1. The first-order valence-electron chi connectivity index (χ1n) is 12.0. The Balaban J connectivity index is -0.0000000942. The van der Waals surface area contributed by atoms with Crippen molar-refractivity contribution < 1.29 is 0 Å². The van der Waals surface area contributed by atoms with E-state index in [0.717, 1.165) is 5.92 Å². The van der Waals surface area contributed by atoms with Crippen molar-refractivity contribution in [3.63, 3.8) is 0 Å². The van der Waals surface area contributed by atoms with E-state index < -0.39 is 0 Å². The Morgan fingerprint density at radius 2 is 0.500 bits per heavy atom. The third-order valence-electron chi connectivity index (χ3n) is 2.82. The lowest BCUT2D eigenvalue weighted by molar-refractivity contribution is 0.737. The molecular formula is C32H56. The minimum absolute atomic E-state index is 0. The Morgan fingerprint density at radius 1 is 0.375 bits per heavy atom. The van der Waals surface area contributed by atoms with Crippen LogP contribution in [0.1, 0.15) is 86.4 Å². The van der Waals surface area contributed by atoms with Gasteiger partial charge in [-0.05, 0) is 26.7 Å². The van der Waals surface area contributed by atoms with Crippen LogP contribution in [0.15, 0.2) is 91.0 Å².